The molecular formula is C19H22BrNO3. The highest BCUT2D eigenvalue weighted by Crippen LogP contribution is 2.28. The summed E-state index contributed by atoms with van der Waals surface area (Å²) in [6, 6.07) is 11.5. The number of amides is 1. The van der Waals surface area contributed by atoms with Crippen LogP contribution in [0.2, 0.25) is 0 Å². The molecular weight excluding hydrogens is 370 g/mol. The molecule has 0 bridgehead atoms. The Kier molecular flexibility index (Phi) is 6.26. The molecule has 0 aliphatic carbocycles. The Morgan fingerprint density at radius 1 is 1.21 bits per heavy atom. The molecule has 0 radical (unpaired) electrons. The van der Waals surface area contributed by atoms with Gasteiger partial charge in [0.25, 0.3) is 5.91 Å². The summed E-state index contributed by atoms with van der Waals surface area (Å²) >= 11 is 3.46. The van der Waals surface area contributed by atoms with Crippen LogP contribution in [-0.4, -0.2) is 19.6 Å². The number of hydrogen-bond acceptors (Lipinski definition) is 3. The highest BCUT2D eigenvalue weighted by atomic mass is 79.9. The van der Waals surface area contributed by atoms with Crippen molar-refractivity contribution in [2.24, 2.45) is 0 Å². The van der Waals surface area contributed by atoms with E-state index >= 15 is 0 Å². The van der Waals surface area contributed by atoms with Gasteiger partial charge in [-0.3, -0.25) is 4.79 Å². The molecule has 2 rings (SSSR count). The van der Waals surface area contributed by atoms with Crippen LogP contribution in [0.5, 0.6) is 11.5 Å². The topological polar surface area (TPSA) is 47.6 Å². The molecule has 24 heavy (non-hydrogen) atoms. The Morgan fingerprint density at radius 2 is 1.88 bits per heavy atom. The van der Waals surface area contributed by atoms with Gasteiger partial charge in [-0.1, -0.05) is 24.3 Å². The Bertz CT molecular complexity index is 710. The quantitative estimate of drug-likeness (QED) is 0.796. The van der Waals surface area contributed by atoms with Crippen LogP contribution >= 0.6 is 15.9 Å². The van der Waals surface area contributed by atoms with Gasteiger partial charge in [0.2, 0.25) is 0 Å². The number of para-hydroxylation sites is 1. The molecule has 2 aromatic carbocycles. The van der Waals surface area contributed by atoms with Gasteiger partial charge < -0.3 is 14.8 Å². The highest BCUT2D eigenvalue weighted by molar-refractivity contribution is 9.10. The maximum Gasteiger partial charge on any atom is 0.258 e. The first-order chi connectivity index (χ1) is 11.4. The van der Waals surface area contributed by atoms with Crippen molar-refractivity contribution >= 4 is 21.8 Å². The minimum atomic E-state index is -0.155. The number of benzene rings is 2. The lowest BCUT2D eigenvalue weighted by molar-refractivity contribution is -0.123. The van der Waals surface area contributed by atoms with Crippen molar-refractivity contribution in [3.63, 3.8) is 0 Å². The molecule has 0 fully saturated rings. The minimum absolute atomic E-state index is 0.00659. The second kappa shape index (κ2) is 8.20. The van der Waals surface area contributed by atoms with Crippen LogP contribution in [0.3, 0.4) is 0 Å². The maximum absolute atomic E-state index is 12.2. The van der Waals surface area contributed by atoms with Gasteiger partial charge in [0, 0.05) is 0 Å². The molecule has 5 heteroatoms. The Balaban J connectivity index is 1.95. The van der Waals surface area contributed by atoms with E-state index in [0.29, 0.717) is 0 Å². The average Bonchev–Trinajstić information content (AvgIpc) is 2.54. The zero-order valence-electron chi connectivity index (χ0n) is 14.4. The summed E-state index contributed by atoms with van der Waals surface area (Å²) in [7, 11) is 1.62. The third kappa shape index (κ3) is 4.51. The van der Waals surface area contributed by atoms with Crippen molar-refractivity contribution in [2.45, 2.75) is 26.8 Å². The number of rotatable bonds is 6. The molecule has 0 saturated carbocycles. The van der Waals surface area contributed by atoms with Crippen molar-refractivity contribution in [1.29, 1.82) is 0 Å². The van der Waals surface area contributed by atoms with Crippen LogP contribution in [0.1, 0.15) is 29.7 Å². The van der Waals surface area contributed by atoms with E-state index in [4.69, 9.17) is 9.47 Å². The van der Waals surface area contributed by atoms with Gasteiger partial charge in [-0.15, -0.1) is 0 Å². The normalized spacial score (nSPS) is 11.7. The van der Waals surface area contributed by atoms with E-state index in [1.807, 2.05) is 57.2 Å². The average molecular weight is 392 g/mol. The summed E-state index contributed by atoms with van der Waals surface area (Å²) < 4.78 is 11.8. The molecule has 0 aliphatic heterocycles. The van der Waals surface area contributed by atoms with Crippen molar-refractivity contribution in [3.8, 4) is 11.5 Å². The van der Waals surface area contributed by atoms with Gasteiger partial charge >= 0.3 is 0 Å². The maximum atomic E-state index is 12.2. The Morgan fingerprint density at radius 3 is 2.46 bits per heavy atom. The van der Waals surface area contributed by atoms with E-state index in [-0.39, 0.29) is 18.6 Å². The van der Waals surface area contributed by atoms with E-state index in [1.165, 1.54) is 0 Å². The van der Waals surface area contributed by atoms with Crippen LogP contribution in [-0.2, 0) is 4.79 Å². The first kappa shape index (κ1) is 18.3. The van der Waals surface area contributed by atoms with Crippen molar-refractivity contribution in [1.82, 2.24) is 5.32 Å². The Labute approximate surface area is 151 Å². The van der Waals surface area contributed by atoms with E-state index < -0.39 is 0 Å². The lowest BCUT2D eigenvalue weighted by Crippen LogP contribution is -2.31. The summed E-state index contributed by atoms with van der Waals surface area (Å²) in [5, 5.41) is 2.94. The molecule has 128 valence electrons. The molecule has 1 amide bonds. The van der Waals surface area contributed by atoms with Crippen LogP contribution < -0.4 is 14.8 Å². The number of aryl methyl sites for hydroxylation is 2. The number of carbonyl (C=O) groups excluding carboxylic acids is 1. The summed E-state index contributed by atoms with van der Waals surface area (Å²) in [6.07, 6.45) is 0. The smallest absolute Gasteiger partial charge is 0.258 e. The third-order valence-electron chi connectivity index (χ3n) is 3.81. The molecule has 0 aliphatic rings. The molecule has 0 saturated heterocycles. The van der Waals surface area contributed by atoms with Gasteiger partial charge in [-0.05, 0) is 65.5 Å². The zero-order chi connectivity index (χ0) is 17.7. The minimum Gasteiger partial charge on any atom is -0.496 e. The Hall–Kier alpha value is -2.01. The molecule has 0 heterocycles. The second-order valence-electron chi connectivity index (χ2n) is 5.69. The number of nitrogens with one attached hydrogen (secondary N) is 1. The van der Waals surface area contributed by atoms with Crippen LogP contribution in [0.25, 0.3) is 0 Å². The fourth-order valence-corrected chi connectivity index (χ4v) is 3.04. The monoisotopic (exact) mass is 391 g/mol. The largest absolute Gasteiger partial charge is 0.496 e. The van der Waals surface area contributed by atoms with Crippen LogP contribution in [0, 0.1) is 13.8 Å². The standard InChI is InChI=1S/C19H22BrNO3/c1-12-6-5-7-13(2)19(12)24-11-18(22)21-14(3)15-8-9-17(23-4)16(20)10-15/h5-10,14H,11H2,1-4H3,(H,21,22). The van der Waals surface area contributed by atoms with Gasteiger partial charge in [0.15, 0.2) is 6.61 Å². The van der Waals surface area contributed by atoms with Crippen molar-refractivity contribution < 1.29 is 14.3 Å². The van der Waals surface area contributed by atoms with Crippen LogP contribution in [0.4, 0.5) is 0 Å². The van der Waals surface area contributed by atoms with Gasteiger partial charge in [-0.2, -0.15) is 0 Å². The zero-order valence-corrected chi connectivity index (χ0v) is 15.9. The van der Waals surface area contributed by atoms with Gasteiger partial charge in [-0.25, -0.2) is 0 Å². The molecule has 4 nitrogen and oxygen atoms in total. The number of methoxy groups -OCH3 is 1. The fraction of sp³-hybridized carbons (Fsp3) is 0.316. The predicted molar refractivity (Wildman–Crippen MR) is 98.7 cm³/mol. The number of carbonyl (C=O) groups is 1. The number of halogens is 1. The summed E-state index contributed by atoms with van der Waals surface area (Å²) in [5.41, 5.74) is 3.04. The molecule has 1 atom stereocenters. The van der Waals surface area contributed by atoms with Crippen molar-refractivity contribution in [2.75, 3.05) is 13.7 Å². The number of hydrogen-bond donors (Lipinski definition) is 1. The van der Waals surface area contributed by atoms with Crippen LogP contribution in [0.15, 0.2) is 40.9 Å². The first-order valence-electron chi connectivity index (χ1n) is 7.74. The van der Waals surface area contributed by atoms with E-state index in [0.717, 1.165) is 32.7 Å². The molecule has 0 aromatic heterocycles. The summed E-state index contributed by atoms with van der Waals surface area (Å²) in [6.45, 7) is 5.87. The lowest BCUT2D eigenvalue weighted by Gasteiger charge is -2.17. The number of ether oxygens (including phenoxy) is 2. The van der Waals surface area contributed by atoms with E-state index in [2.05, 4.69) is 21.2 Å². The van der Waals surface area contributed by atoms with Crippen molar-refractivity contribution in [3.05, 3.63) is 57.6 Å². The molecule has 2 aromatic rings. The third-order valence-corrected chi connectivity index (χ3v) is 4.43. The predicted octanol–water partition coefficient (Wildman–Crippen LogP) is 4.33. The van der Waals surface area contributed by atoms with Gasteiger partial charge in [0.05, 0.1) is 17.6 Å². The van der Waals surface area contributed by atoms with Gasteiger partial charge in [0.1, 0.15) is 11.5 Å². The molecule has 1 unspecified atom stereocenters. The summed E-state index contributed by atoms with van der Waals surface area (Å²) in [5.74, 6) is 1.38. The second-order valence-corrected chi connectivity index (χ2v) is 6.55. The van der Waals surface area contributed by atoms with E-state index in [9.17, 15) is 4.79 Å². The highest BCUT2D eigenvalue weighted by Gasteiger charge is 2.13. The lowest BCUT2D eigenvalue weighted by atomic mass is 10.1. The first-order valence-corrected chi connectivity index (χ1v) is 8.53. The molecule has 0 spiro atoms. The SMILES string of the molecule is COc1ccc(C(C)NC(=O)COc2c(C)cccc2C)cc1Br. The molecule has 1 N–H and O–H groups in total. The summed E-state index contributed by atoms with van der Waals surface area (Å²) in [4.78, 5) is 12.2. The fourth-order valence-electron chi connectivity index (χ4n) is 2.48. The van der Waals surface area contributed by atoms with E-state index in [1.54, 1.807) is 7.11 Å².